The minimum absolute atomic E-state index is 0.452. The zero-order valence-electron chi connectivity index (χ0n) is 11.0. The summed E-state index contributed by atoms with van der Waals surface area (Å²) in [7, 11) is 0. The molecule has 0 amide bonds. The Bertz CT molecular complexity index is 289. The van der Waals surface area contributed by atoms with E-state index in [0.29, 0.717) is 6.04 Å². The monoisotopic (exact) mass is 223 g/mol. The molecule has 0 bridgehead atoms. The third kappa shape index (κ3) is 3.38. The molecule has 2 heteroatoms. The Hall–Kier alpha value is -0.760. The van der Waals surface area contributed by atoms with Gasteiger partial charge in [-0.05, 0) is 31.9 Å². The maximum Gasteiger partial charge on any atom is 0.105 e. The van der Waals surface area contributed by atoms with Crippen LogP contribution in [-0.4, -0.2) is 6.54 Å². The molecule has 1 aromatic rings. The minimum Gasteiger partial charge on any atom is -0.469 e. The summed E-state index contributed by atoms with van der Waals surface area (Å²) in [6, 6.07) is 2.55. The maximum atomic E-state index is 5.40. The number of rotatable bonds is 7. The van der Waals surface area contributed by atoms with E-state index in [1.54, 1.807) is 6.26 Å². The predicted octanol–water partition coefficient (Wildman–Crippen LogP) is 4.06. The van der Waals surface area contributed by atoms with E-state index in [0.717, 1.165) is 18.2 Å². The normalized spacial score (nSPS) is 13.3. The highest BCUT2D eigenvalue weighted by Crippen LogP contribution is 2.27. The predicted molar refractivity (Wildman–Crippen MR) is 68.6 cm³/mol. The van der Waals surface area contributed by atoms with Crippen LogP contribution in [0.25, 0.3) is 0 Å². The molecule has 1 unspecified atom stereocenters. The number of nitrogens with one attached hydrogen (secondary N) is 1. The lowest BCUT2D eigenvalue weighted by molar-refractivity contribution is 0.371. The number of aryl methyl sites for hydroxylation is 1. The van der Waals surface area contributed by atoms with Gasteiger partial charge in [-0.15, -0.1) is 0 Å². The summed E-state index contributed by atoms with van der Waals surface area (Å²) in [5.41, 5.74) is 1.33. The first-order chi connectivity index (χ1) is 7.72. The van der Waals surface area contributed by atoms with Gasteiger partial charge < -0.3 is 9.73 Å². The Morgan fingerprint density at radius 1 is 1.25 bits per heavy atom. The third-order valence-electron chi connectivity index (χ3n) is 3.45. The number of hydrogen-bond donors (Lipinski definition) is 1. The molecule has 92 valence electrons. The smallest absolute Gasteiger partial charge is 0.105 e. The Kier molecular flexibility index (Phi) is 5.61. The van der Waals surface area contributed by atoms with Crippen LogP contribution in [0.2, 0.25) is 0 Å². The van der Waals surface area contributed by atoms with Crippen molar-refractivity contribution in [3.05, 3.63) is 23.7 Å². The molecule has 0 aromatic carbocycles. The van der Waals surface area contributed by atoms with Crippen molar-refractivity contribution in [2.75, 3.05) is 6.54 Å². The molecule has 0 fully saturated rings. The van der Waals surface area contributed by atoms with Gasteiger partial charge in [0.15, 0.2) is 0 Å². The molecule has 0 radical (unpaired) electrons. The summed E-state index contributed by atoms with van der Waals surface area (Å²) in [6.45, 7) is 9.77. The molecule has 1 atom stereocenters. The van der Waals surface area contributed by atoms with Crippen LogP contribution < -0.4 is 5.32 Å². The topological polar surface area (TPSA) is 25.2 Å². The van der Waals surface area contributed by atoms with Crippen LogP contribution in [0.4, 0.5) is 0 Å². The Morgan fingerprint density at radius 3 is 2.38 bits per heavy atom. The lowest BCUT2D eigenvalue weighted by atomic mass is 9.91. The van der Waals surface area contributed by atoms with Crippen molar-refractivity contribution in [1.82, 2.24) is 5.32 Å². The van der Waals surface area contributed by atoms with E-state index in [1.165, 1.54) is 24.8 Å². The fraction of sp³-hybridized carbons (Fsp3) is 0.714. The summed E-state index contributed by atoms with van der Waals surface area (Å²) < 4.78 is 5.40. The molecule has 0 saturated heterocycles. The molecule has 0 spiro atoms. The lowest BCUT2D eigenvalue weighted by Crippen LogP contribution is -2.23. The SMILES string of the molecule is CCNC(CC(CC)CC)c1ccoc1C. The second-order valence-electron chi connectivity index (χ2n) is 4.46. The summed E-state index contributed by atoms with van der Waals surface area (Å²) in [6.07, 6.45) is 5.52. The highest BCUT2D eigenvalue weighted by molar-refractivity contribution is 5.20. The summed E-state index contributed by atoms with van der Waals surface area (Å²) in [4.78, 5) is 0. The standard InChI is InChI=1S/C14H25NO/c1-5-12(6-2)10-14(15-7-3)13-8-9-16-11(13)4/h8-9,12,14-15H,5-7,10H2,1-4H3. The highest BCUT2D eigenvalue weighted by atomic mass is 16.3. The van der Waals surface area contributed by atoms with Crippen molar-refractivity contribution in [2.24, 2.45) is 5.92 Å². The summed E-state index contributed by atoms with van der Waals surface area (Å²) >= 11 is 0. The molecule has 1 heterocycles. The van der Waals surface area contributed by atoms with Gasteiger partial charge >= 0.3 is 0 Å². The first-order valence-electron chi connectivity index (χ1n) is 6.50. The first-order valence-corrected chi connectivity index (χ1v) is 6.50. The van der Waals surface area contributed by atoms with Crippen molar-refractivity contribution in [3.8, 4) is 0 Å². The molecule has 2 nitrogen and oxygen atoms in total. The zero-order valence-corrected chi connectivity index (χ0v) is 11.0. The van der Waals surface area contributed by atoms with Crippen molar-refractivity contribution < 1.29 is 4.42 Å². The molecule has 0 aliphatic heterocycles. The molecular weight excluding hydrogens is 198 g/mol. The van der Waals surface area contributed by atoms with Gasteiger partial charge in [0.25, 0.3) is 0 Å². The molecule has 0 saturated carbocycles. The van der Waals surface area contributed by atoms with E-state index < -0.39 is 0 Å². The van der Waals surface area contributed by atoms with Crippen LogP contribution in [0.5, 0.6) is 0 Å². The van der Waals surface area contributed by atoms with Crippen molar-refractivity contribution >= 4 is 0 Å². The quantitative estimate of drug-likeness (QED) is 0.754. The molecule has 1 rings (SSSR count). The summed E-state index contributed by atoms with van der Waals surface area (Å²) in [5.74, 6) is 1.86. The average Bonchev–Trinajstić information content (AvgIpc) is 2.71. The molecule has 16 heavy (non-hydrogen) atoms. The fourth-order valence-electron chi connectivity index (χ4n) is 2.28. The van der Waals surface area contributed by atoms with Gasteiger partial charge in [0.05, 0.1) is 6.26 Å². The largest absolute Gasteiger partial charge is 0.469 e. The van der Waals surface area contributed by atoms with Gasteiger partial charge in [-0.2, -0.15) is 0 Å². The van der Waals surface area contributed by atoms with Gasteiger partial charge in [0, 0.05) is 11.6 Å². The Morgan fingerprint density at radius 2 is 1.94 bits per heavy atom. The van der Waals surface area contributed by atoms with Crippen molar-refractivity contribution in [3.63, 3.8) is 0 Å². The molecule has 0 aliphatic carbocycles. The van der Waals surface area contributed by atoms with Gasteiger partial charge in [-0.25, -0.2) is 0 Å². The Balaban J connectivity index is 2.71. The van der Waals surface area contributed by atoms with Gasteiger partial charge in [-0.1, -0.05) is 33.6 Å². The average molecular weight is 223 g/mol. The van der Waals surface area contributed by atoms with E-state index in [9.17, 15) is 0 Å². The van der Waals surface area contributed by atoms with E-state index in [2.05, 4.69) is 32.2 Å². The van der Waals surface area contributed by atoms with Crippen LogP contribution in [-0.2, 0) is 0 Å². The van der Waals surface area contributed by atoms with E-state index in [4.69, 9.17) is 4.42 Å². The molecule has 0 aliphatic rings. The molecule has 1 N–H and O–H groups in total. The van der Waals surface area contributed by atoms with E-state index >= 15 is 0 Å². The zero-order chi connectivity index (χ0) is 12.0. The van der Waals surface area contributed by atoms with Crippen LogP contribution >= 0.6 is 0 Å². The third-order valence-corrected chi connectivity index (χ3v) is 3.45. The number of hydrogen-bond acceptors (Lipinski definition) is 2. The van der Waals surface area contributed by atoms with Crippen molar-refractivity contribution in [2.45, 2.75) is 53.0 Å². The van der Waals surface area contributed by atoms with Gasteiger partial charge in [-0.3, -0.25) is 0 Å². The number of furan rings is 1. The first kappa shape index (κ1) is 13.3. The summed E-state index contributed by atoms with van der Waals surface area (Å²) in [5, 5.41) is 3.56. The van der Waals surface area contributed by atoms with Crippen LogP contribution in [0.1, 0.15) is 57.4 Å². The lowest BCUT2D eigenvalue weighted by Gasteiger charge is -2.22. The van der Waals surface area contributed by atoms with E-state index in [-0.39, 0.29) is 0 Å². The van der Waals surface area contributed by atoms with E-state index in [1.807, 2.05) is 6.92 Å². The Labute approximate surface area is 99.4 Å². The second kappa shape index (κ2) is 6.74. The van der Waals surface area contributed by atoms with Crippen LogP contribution in [0.15, 0.2) is 16.7 Å². The minimum atomic E-state index is 0.452. The molecular formula is C14H25NO. The van der Waals surface area contributed by atoms with Gasteiger partial charge in [0.1, 0.15) is 5.76 Å². The fourth-order valence-corrected chi connectivity index (χ4v) is 2.28. The second-order valence-corrected chi connectivity index (χ2v) is 4.46. The highest BCUT2D eigenvalue weighted by Gasteiger charge is 2.18. The van der Waals surface area contributed by atoms with Crippen molar-refractivity contribution in [1.29, 1.82) is 0 Å². The maximum absolute atomic E-state index is 5.40. The van der Waals surface area contributed by atoms with Crippen LogP contribution in [0.3, 0.4) is 0 Å². The molecule has 1 aromatic heterocycles. The van der Waals surface area contributed by atoms with Crippen LogP contribution in [0, 0.1) is 12.8 Å². The van der Waals surface area contributed by atoms with Gasteiger partial charge in [0.2, 0.25) is 0 Å².